The van der Waals surface area contributed by atoms with Crippen LogP contribution in [0.2, 0.25) is 0 Å². The van der Waals surface area contributed by atoms with Gasteiger partial charge in [-0.25, -0.2) is 19.3 Å². The average Bonchev–Trinajstić information content (AvgIpc) is 3.49. The van der Waals surface area contributed by atoms with E-state index in [1.54, 1.807) is 10.9 Å². The summed E-state index contributed by atoms with van der Waals surface area (Å²) in [7, 11) is 3.79. The van der Waals surface area contributed by atoms with Crippen molar-refractivity contribution in [3.63, 3.8) is 0 Å². The second-order valence-corrected chi connectivity index (χ2v) is 11.3. The summed E-state index contributed by atoms with van der Waals surface area (Å²) < 4.78 is 32.2. The largest absolute Gasteiger partial charge is 0.508 e. The van der Waals surface area contributed by atoms with E-state index >= 15 is 0 Å². The Morgan fingerprint density at radius 3 is 2.61 bits per heavy atom. The summed E-state index contributed by atoms with van der Waals surface area (Å²) in [6.45, 7) is 5.61. The number of fused-ring (bicyclic) bond motifs is 2. The van der Waals surface area contributed by atoms with Gasteiger partial charge < -0.3 is 28.6 Å². The van der Waals surface area contributed by atoms with Crippen molar-refractivity contribution < 1.29 is 28.5 Å². The molecule has 0 N–H and O–H groups in total. The highest BCUT2D eigenvalue weighted by Gasteiger charge is 2.62. The normalized spacial score (nSPS) is 29.8. The first-order valence-corrected chi connectivity index (χ1v) is 13.6. The van der Waals surface area contributed by atoms with E-state index in [0.29, 0.717) is 5.82 Å². The lowest BCUT2D eigenvalue weighted by atomic mass is 9.97. The number of nitrogens with zero attached hydrogens (tertiary/aromatic N) is 5. The number of rotatable bonds is 6. The minimum atomic E-state index is -0.952. The fourth-order valence-corrected chi connectivity index (χ4v) is 5.59. The summed E-state index contributed by atoms with van der Waals surface area (Å²) in [6.07, 6.45) is 8.51. The van der Waals surface area contributed by atoms with Gasteiger partial charge >= 0.3 is 6.16 Å². The van der Waals surface area contributed by atoms with Gasteiger partial charge in [-0.15, -0.1) is 0 Å². The fourth-order valence-electron chi connectivity index (χ4n) is 5.59. The van der Waals surface area contributed by atoms with Crippen molar-refractivity contribution in [1.82, 2.24) is 19.5 Å². The second-order valence-electron chi connectivity index (χ2n) is 11.3. The van der Waals surface area contributed by atoms with Gasteiger partial charge in [0, 0.05) is 14.1 Å². The first-order chi connectivity index (χ1) is 18.2. The molecule has 11 nitrogen and oxygen atoms in total. The molecule has 0 unspecified atom stereocenters. The number of carbonyl (C=O) groups is 1. The molecular formula is C27H39N5O6. The molecule has 0 amide bonds. The molecule has 1 saturated carbocycles. The molecule has 5 rings (SSSR count). The van der Waals surface area contributed by atoms with Crippen LogP contribution in [0, 0.1) is 0 Å². The third-order valence-electron chi connectivity index (χ3n) is 7.38. The Balaban J connectivity index is 1.34. The molecule has 208 valence electrons. The predicted octanol–water partition coefficient (Wildman–Crippen LogP) is 4.57. The van der Waals surface area contributed by atoms with E-state index in [1.807, 2.05) is 51.9 Å². The van der Waals surface area contributed by atoms with Crippen LogP contribution in [0.1, 0.15) is 77.5 Å². The summed E-state index contributed by atoms with van der Waals surface area (Å²) >= 11 is 0. The summed E-state index contributed by atoms with van der Waals surface area (Å²) in [6, 6.07) is 3.85. The van der Waals surface area contributed by atoms with Crippen LogP contribution in [-0.4, -0.2) is 82.4 Å². The van der Waals surface area contributed by atoms with Gasteiger partial charge in [-0.3, -0.25) is 0 Å². The van der Waals surface area contributed by atoms with Gasteiger partial charge in [-0.2, -0.15) is 5.10 Å². The number of aromatic nitrogens is 3. The first kappa shape index (κ1) is 26.8. The molecule has 0 bridgehead atoms. The van der Waals surface area contributed by atoms with Gasteiger partial charge in [0.15, 0.2) is 11.6 Å². The SMILES string of the molecule is CN(C)C=Nc1ncnn2c([C@@H]3O[C@](C)(COC(=O)OC4CCCCCCC4)[C@H]4OC(C)(C)O[C@@H]34)ccc12. The Bertz CT molecular complexity index is 1160. The van der Waals surface area contributed by atoms with Gasteiger partial charge in [-0.1, -0.05) is 19.3 Å². The Morgan fingerprint density at radius 1 is 1.13 bits per heavy atom. The van der Waals surface area contributed by atoms with Crippen molar-refractivity contribution in [3.05, 3.63) is 24.2 Å². The molecule has 2 saturated heterocycles. The summed E-state index contributed by atoms with van der Waals surface area (Å²) in [4.78, 5) is 23.3. The van der Waals surface area contributed by atoms with E-state index in [2.05, 4.69) is 15.1 Å². The molecule has 1 aliphatic carbocycles. The van der Waals surface area contributed by atoms with E-state index in [1.165, 1.54) is 25.6 Å². The van der Waals surface area contributed by atoms with Crippen molar-refractivity contribution in [1.29, 1.82) is 0 Å². The van der Waals surface area contributed by atoms with Crippen molar-refractivity contribution in [3.8, 4) is 0 Å². The molecule has 0 spiro atoms. The lowest BCUT2D eigenvalue weighted by Crippen LogP contribution is -2.45. The zero-order valence-electron chi connectivity index (χ0n) is 23.0. The third-order valence-corrected chi connectivity index (χ3v) is 7.38. The van der Waals surface area contributed by atoms with Crippen LogP contribution >= 0.6 is 0 Å². The number of hydrogen-bond donors (Lipinski definition) is 0. The lowest BCUT2D eigenvalue weighted by molar-refractivity contribution is -0.214. The van der Waals surface area contributed by atoms with Crippen molar-refractivity contribution in [2.75, 3.05) is 20.7 Å². The highest BCUT2D eigenvalue weighted by molar-refractivity contribution is 5.71. The Morgan fingerprint density at radius 2 is 1.87 bits per heavy atom. The molecule has 3 aliphatic rings. The van der Waals surface area contributed by atoms with E-state index in [0.717, 1.165) is 36.9 Å². The number of ether oxygens (including phenoxy) is 5. The third kappa shape index (κ3) is 5.64. The van der Waals surface area contributed by atoms with Gasteiger partial charge in [0.1, 0.15) is 48.5 Å². The van der Waals surface area contributed by atoms with Crippen LogP contribution in [0.3, 0.4) is 0 Å². The Kier molecular flexibility index (Phi) is 7.61. The van der Waals surface area contributed by atoms with E-state index < -0.39 is 35.9 Å². The van der Waals surface area contributed by atoms with E-state index in [-0.39, 0.29) is 12.7 Å². The maximum atomic E-state index is 12.6. The van der Waals surface area contributed by atoms with E-state index in [4.69, 9.17) is 23.7 Å². The average molecular weight is 530 g/mol. The minimum Gasteiger partial charge on any atom is -0.431 e. The standard InChI is InChI=1S/C27H39N5O6/c1-26(2)36-22-21(19-13-14-20-24(29-17-31(4)5)28-16-30-32(19)20)37-27(3,23(22)38-26)15-34-25(33)35-18-11-9-7-6-8-10-12-18/h13-14,16-18,21-23H,6-12,15H2,1-5H3/t21-,22-,23-,27+/m0/s1. The second kappa shape index (κ2) is 10.8. The first-order valence-electron chi connectivity index (χ1n) is 13.6. The van der Waals surface area contributed by atoms with E-state index in [9.17, 15) is 4.79 Å². The molecular weight excluding hydrogens is 490 g/mol. The molecule has 3 fully saturated rings. The zero-order chi connectivity index (χ0) is 26.9. The predicted molar refractivity (Wildman–Crippen MR) is 139 cm³/mol. The molecule has 0 aromatic carbocycles. The highest BCUT2D eigenvalue weighted by Crippen LogP contribution is 2.50. The molecule has 2 aromatic rings. The monoisotopic (exact) mass is 529 g/mol. The summed E-state index contributed by atoms with van der Waals surface area (Å²) in [5.41, 5.74) is 0.568. The highest BCUT2D eigenvalue weighted by atomic mass is 16.8. The van der Waals surface area contributed by atoms with Crippen molar-refractivity contribution in [2.24, 2.45) is 4.99 Å². The number of carbonyl (C=O) groups excluding carboxylic acids is 1. The fraction of sp³-hybridized carbons (Fsp3) is 0.704. The van der Waals surface area contributed by atoms with Crippen LogP contribution < -0.4 is 0 Å². The van der Waals surface area contributed by atoms with Crippen LogP contribution in [0.5, 0.6) is 0 Å². The number of hydrogen-bond acceptors (Lipinski definition) is 9. The van der Waals surface area contributed by atoms with Crippen molar-refractivity contribution >= 4 is 23.8 Å². The van der Waals surface area contributed by atoms with Crippen LogP contribution in [-0.2, 0) is 23.7 Å². The smallest absolute Gasteiger partial charge is 0.431 e. The zero-order valence-corrected chi connectivity index (χ0v) is 23.0. The Hall–Kier alpha value is -2.76. The van der Waals surface area contributed by atoms with Gasteiger partial charge in [0.25, 0.3) is 0 Å². The van der Waals surface area contributed by atoms with Crippen LogP contribution in [0.4, 0.5) is 10.6 Å². The van der Waals surface area contributed by atoms with Gasteiger partial charge in [-0.05, 0) is 58.6 Å². The maximum Gasteiger partial charge on any atom is 0.508 e. The molecule has 2 aliphatic heterocycles. The van der Waals surface area contributed by atoms with Crippen molar-refractivity contribution in [2.45, 2.75) is 102 Å². The maximum absolute atomic E-state index is 12.6. The molecule has 4 atom stereocenters. The van der Waals surface area contributed by atoms with Gasteiger partial charge in [0.2, 0.25) is 0 Å². The summed E-state index contributed by atoms with van der Waals surface area (Å²) in [5, 5.41) is 4.46. The molecule has 2 aromatic heterocycles. The number of aliphatic imine (C=N–C) groups is 1. The van der Waals surface area contributed by atoms with Crippen LogP contribution in [0.15, 0.2) is 23.5 Å². The minimum absolute atomic E-state index is 0.0215. The lowest BCUT2D eigenvalue weighted by Gasteiger charge is -2.31. The quantitative estimate of drug-likeness (QED) is 0.302. The molecule has 11 heteroatoms. The molecule has 4 heterocycles. The Labute approximate surface area is 223 Å². The molecule has 38 heavy (non-hydrogen) atoms. The summed E-state index contributed by atoms with van der Waals surface area (Å²) in [5.74, 6) is -0.275. The van der Waals surface area contributed by atoms with Gasteiger partial charge in [0.05, 0.1) is 12.0 Å². The molecule has 0 radical (unpaired) electrons. The topological polar surface area (TPSA) is 109 Å². The van der Waals surface area contributed by atoms with Crippen LogP contribution in [0.25, 0.3) is 5.52 Å².